The minimum Gasteiger partial charge on any atom is -0.368 e. The molecular weight excluding hydrogens is 454 g/mol. The molecule has 2 heterocycles. The first-order valence-corrected chi connectivity index (χ1v) is 11.4. The molecule has 0 saturated carbocycles. The van der Waals surface area contributed by atoms with Crippen molar-refractivity contribution in [2.24, 2.45) is 4.99 Å². The van der Waals surface area contributed by atoms with Gasteiger partial charge in [-0.1, -0.05) is 28.9 Å². The van der Waals surface area contributed by atoms with Crippen molar-refractivity contribution in [2.45, 2.75) is 13.0 Å². The molecule has 34 heavy (non-hydrogen) atoms. The van der Waals surface area contributed by atoms with Crippen LogP contribution in [0.5, 0.6) is 0 Å². The van der Waals surface area contributed by atoms with Crippen molar-refractivity contribution < 1.29 is 14.1 Å². The molecule has 9 heteroatoms. The zero-order valence-electron chi connectivity index (χ0n) is 19.1. The third-order valence-electron chi connectivity index (χ3n) is 5.88. The lowest BCUT2D eigenvalue weighted by Gasteiger charge is -2.34. The van der Waals surface area contributed by atoms with Gasteiger partial charge in [0.1, 0.15) is 11.7 Å². The summed E-state index contributed by atoms with van der Waals surface area (Å²) in [6.07, 6.45) is 0. The lowest BCUT2D eigenvalue weighted by molar-refractivity contribution is -0.119. The van der Waals surface area contributed by atoms with Crippen molar-refractivity contribution in [3.05, 3.63) is 59.1 Å². The fourth-order valence-electron chi connectivity index (χ4n) is 3.81. The van der Waals surface area contributed by atoms with Gasteiger partial charge in [0, 0.05) is 48.9 Å². The molecule has 0 aliphatic carbocycles. The van der Waals surface area contributed by atoms with Gasteiger partial charge in [0.15, 0.2) is 5.76 Å². The lowest BCUT2D eigenvalue weighted by atomic mass is 10.1. The van der Waals surface area contributed by atoms with Gasteiger partial charge in [-0.2, -0.15) is 0 Å². The Bertz CT molecular complexity index is 1220. The summed E-state index contributed by atoms with van der Waals surface area (Å²) in [5, 5.41) is 7.45. The van der Waals surface area contributed by atoms with Crippen LogP contribution < -0.4 is 10.2 Å². The van der Waals surface area contributed by atoms with Crippen LogP contribution in [-0.4, -0.2) is 67.9 Å². The van der Waals surface area contributed by atoms with E-state index in [0.29, 0.717) is 27.6 Å². The molecule has 8 nitrogen and oxygen atoms in total. The summed E-state index contributed by atoms with van der Waals surface area (Å²) in [4.78, 5) is 32.0. The van der Waals surface area contributed by atoms with E-state index in [2.05, 4.69) is 39.0 Å². The Labute approximate surface area is 203 Å². The SMILES string of the molecule is C=NC(=O)C(C)NC(=O)c1cccc(-c2cc(-c3ccc(N4CCN(C)CC4)c(Cl)c3)on2)c1. The summed E-state index contributed by atoms with van der Waals surface area (Å²) in [6, 6.07) is 13.9. The van der Waals surface area contributed by atoms with Crippen molar-refractivity contribution in [2.75, 3.05) is 38.1 Å². The van der Waals surface area contributed by atoms with Crippen molar-refractivity contribution >= 4 is 35.8 Å². The molecule has 1 aliphatic heterocycles. The molecule has 4 rings (SSSR count). The Morgan fingerprint density at radius 1 is 1.12 bits per heavy atom. The topological polar surface area (TPSA) is 91.0 Å². The molecule has 3 aromatic rings. The van der Waals surface area contributed by atoms with E-state index in [0.717, 1.165) is 37.4 Å². The maximum Gasteiger partial charge on any atom is 0.267 e. The van der Waals surface area contributed by atoms with Gasteiger partial charge in [0.05, 0.1) is 10.7 Å². The average Bonchev–Trinajstić information content (AvgIpc) is 3.34. The van der Waals surface area contributed by atoms with E-state index in [1.807, 2.05) is 30.3 Å². The summed E-state index contributed by atoms with van der Waals surface area (Å²) in [5.74, 6) is -0.308. The van der Waals surface area contributed by atoms with E-state index in [1.165, 1.54) is 0 Å². The molecule has 0 radical (unpaired) electrons. The first-order valence-electron chi connectivity index (χ1n) is 11.0. The molecule has 2 amide bonds. The minimum atomic E-state index is -0.758. The van der Waals surface area contributed by atoms with Crippen LogP contribution in [0.4, 0.5) is 5.69 Å². The van der Waals surface area contributed by atoms with Gasteiger partial charge in [-0.25, -0.2) is 4.99 Å². The number of likely N-dealkylation sites (N-methyl/N-ethyl adjacent to an activating group) is 1. The van der Waals surface area contributed by atoms with E-state index in [9.17, 15) is 9.59 Å². The molecule has 1 N–H and O–H groups in total. The van der Waals surface area contributed by atoms with Gasteiger partial charge >= 0.3 is 0 Å². The van der Waals surface area contributed by atoms with E-state index < -0.39 is 11.9 Å². The summed E-state index contributed by atoms with van der Waals surface area (Å²) in [6.45, 7) is 8.62. The zero-order chi connectivity index (χ0) is 24.2. The van der Waals surface area contributed by atoms with Crippen LogP contribution in [0.3, 0.4) is 0 Å². The van der Waals surface area contributed by atoms with Crippen LogP contribution in [-0.2, 0) is 4.79 Å². The highest BCUT2D eigenvalue weighted by molar-refractivity contribution is 6.33. The molecule has 0 spiro atoms. The summed E-state index contributed by atoms with van der Waals surface area (Å²) < 4.78 is 5.58. The second-order valence-electron chi connectivity index (χ2n) is 8.31. The number of benzene rings is 2. The Morgan fingerprint density at radius 3 is 2.59 bits per heavy atom. The number of aliphatic imine (C=N–C) groups is 1. The number of nitrogens with zero attached hydrogens (tertiary/aromatic N) is 4. The molecule has 1 aromatic heterocycles. The molecule has 1 aliphatic rings. The first-order chi connectivity index (χ1) is 16.4. The quantitative estimate of drug-likeness (QED) is 0.541. The fourth-order valence-corrected chi connectivity index (χ4v) is 4.11. The molecule has 176 valence electrons. The number of carbonyl (C=O) groups is 2. The zero-order valence-corrected chi connectivity index (χ0v) is 19.9. The number of amides is 2. The van der Waals surface area contributed by atoms with E-state index in [1.54, 1.807) is 25.1 Å². The Balaban J connectivity index is 1.51. The number of aromatic nitrogens is 1. The maximum atomic E-state index is 12.5. The van der Waals surface area contributed by atoms with Gasteiger partial charge in [-0.15, -0.1) is 0 Å². The molecule has 1 saturated heterocycles. The summed E-state index contributed by atoms with van der Waals surface area (Å²) in [5.41, 5.74) is 3.52. The van der Waals surface area contributed by atoms with Crippen LogP contribution in [0.1, 0.15) is 17.3 Å². The normalized spacial score (nSPS) is 15.1. The molecule has 0 bridgehead atoms. The monoisotopic (exact) mass is 479 g/mol. The number of rotatable bonds is 6. The Morgan fingerprint density at radius 2 is 1.88 bits per heavy atom. The van der Waals surface area contributed by atoms with Crippen molar-refractivity contribution in [1.82, 2.24) is 15.4 Å². The number of hydrogen-bond donors (Lipinski definition) is 1. The van der Waals surface area contributed by atoms with Gasteiger partial charge < -0.3 is 19.6 Å². The first kappa shape index (κ1) is 23.7. The highest BCUT2D eigenvalue weighted by Gasteiger charge is 2.19. The molecular formula is C25H26ClN5O3. The largest absolute Gasteiger partial charge is 0.368 e. The highest BCUT2D eigenvalue weighted by atomic mass is 35.5. The number of halogens is 1. The van der Waals surface area contributed by atoms with E-state index in [-0.39, 0.29) is 5.91 Å². The number of piperazine rings is 1. The average molecular weight is 480 g/mol. The predicted octanol–water partition coefficient (Wildman–Crippen LogP) is 3.76. The number of carbonyl (C=O) groups excluding carboxylic acids is 2. The van der Waals surface area contributed by atoms with Gasteiger partial charge in [-0.05, 0) is 51.0 Å². The van der Waals surface area contributed by atoms with Crippen LogP contribution >= 0.6 is 11.6 Å². The van der Waals surface area contributed by atoms with Crippen LogP contribution in [0.15, 0.2) is 58.0 Å². The van der Waals surface area contributed by atoms with Crippen molar-refractivity contribution in [3.63, 3.8) is 0 Å². The lowest BCUT2D eigenvalue weighted by Crippen LogP contribution is -2.44. The van der Waals surface area contributed by atoms with Gasteiger partial charge in [0.25, 0.3) is 11.8 Å². The van der Waals surface area contributed by atoms with Crippen molar-refractivity contribution in [1.29, 1.82) is 0 Å². The van der Waals surface area contributed by atoms with Gasteiger partial charge in [0.2, 0.25) is 0 Å². The predicted molar refractivity (Wildman–Crippen MR) is 134 cm³/mol. The van der Waals surface area contributed by atoms with Crippen LogP contribution in [0, 0.1) is 0 Å². The molecule has 1 unspecified atom stereocenters. The van der Waals surface area contributed by atoms with E-state index >= 15 is 0 Å². The second-order valence-corrected chi connectivity index (χ2v) is 8.71. The molecule has 1 fully saturated rings. The van der Waals surface area contributed by atoms with Gasteiger partial charge in [-0.3, -0.25) is 9.59 Å². The second kappa shape index (κ2) is 10.2. The third-order valence-corrected chi connectivity index (χ3v) is 6.18. The Kier molecular flexibility index (Phi) is 7.09. The minimum absolute atomic E-state index is 0.388. The summed E-state index contributed by atoms with van der Waals surface area (Å²) in [7, 11) is 2.12. The maximum absolute atomic E-state index is 12.5. The highest BCUT2D eigenvalue weighted by Crippen LogP contribution is 2.33. The Hall–Kier alpha value is -3.49. The van der Waals surface area contributed by atoms with E-state index in [4.69, 9.17) is 16.1 Å². The summed E-state index contributed by atoms with van der Waals surface area (Å²) >= 11 is 6.61. The number of hydrogen-bond acceptors (Lipinski definition) is 6. The van der Waals surface area contributed by atoms with Crippen LogP contribution in [0.2, 0.25) is 5.02 Å². The third kappa shape index (κ3) is 5.18. The smallest absolute Gasteiger partial charge is 0.267 e. The number of nitrogens with one attached hydrogen (secondary N) is 1. The molecule has 1 atom stereocenters. The fraction of sp³-hybridized carbons (Fsp3) is 0.280. The standard InChI is InChI=1S/C25H26ClN5O3/c1-16(24(32)27-2)28-25(33)19-6-4-5-17(13-19)21-15-23(34-29-21)18-7-8-22(20(26)14-18)31-11-9-30(3)10-12-31/h4-8,13-16H,2,9-12H2,1,3H3,(H,28,33). The van der Waals surface area contributed by atoms with Crippen molar-refractivity contribution in [3.8, 4) is 22.6 Å². The number of anilines is 1. The van der Waals surface area contributed by atoms with Crippen LogP contribution in [0.25, 0.3) is 22.6 Å². The molecule has 2 aromatic carbocycles.